The Morgan fingerprint density at radius 2 is 2.05 bits per heavy atom. The number of aromatic nitrogens is 2. The number of ether oxygens (including phenoxy) is 1. The van der Waals surface area contributed by atoms with Crippen molar-refractivity contribution in [3.8, 4) is 5.69 Å². The van der Waals surface area contributed by atoms with E-state index in [1.165, 1.54) is 0 Å². The van der Waals surface area contributed by atoms with Crippen LogP contribution in [0.25, 0.3) is 5.69 Å². The van der Waals surface area contributed by atoms with Gasteiger partial charge in [-0.15, -0.1) is 0 Å². The highest BCUT2D eigenvalue weighted by molar-refractivity contribution is 5.95. The van der Waals surface area contributed by atoms with E-state index in [0.29, 0.717) is 0 Å². The summed E-state index contributed by atoms with van der Waals surface area (Å²) in [5.74, 6) is 0.127. The number of rotatable bonds is 2. The summed E-state index contributed by atoms with van der Waals surface area (Å²) in [4.78, 5) is 14.9. The second kappa shape index (κ2) is 5.25. The van der Waals surface area contributed by atoms with E-state index in [1.54, 1.807) is 10.9 Å². The van der Waals surface area contributed by atoms with E-state index in [4.69, 9.17) is 4.74 Å². The quantitative estimate of drug-likeness (QED) is 0.854. The Hall–Kier alpha value is -2.14. The maximum absolute atomic E-state index is 12.9. The summed E-state index contributed by atoms with van der Waals surface area (Å²) in [6, 6.07) is 9.56. The lowest BCUT2D eigenvalue weighted by Crippen LogP contribution is -2.64. The molecule has 1 aromatic heterocycles. The SMILES string of the molecule is O=C(c1cccc(-n2cccn2)c1)N1CCC12CCOCC2. The van der Waals surface area contributed by atoms with Crippen LogP contribution >= 0.6 is 0 Å². The number of carbonyl (C=O) groups excluding carboxylic acids is 1. The molecule has 2 aliphatic heterocycles. The molecular formula is C17H19N3O2. The van der Waals surface area contributed by atoms with Crippen LogP contribution in [0.15, 0.2) is 42.7 Å². The average molecular weight is 297 g/mol. The second-order valence-electron chi connectivity index (χ2n) is 6.04. The van der Waals surface area contributed by atoms with E-state index in [9.17, 15) is 4.79 Å². The van der Waals surface area contributed by atoms with Crippen molar-refractivity contribution in [1.82, 2.24) is 14.7 Å². The first-order valence-electron chi connectivity index (χ1n) is 7.78. The first kappa shape index (κ1) is 13.5. The van der Waals surface area contributed by atoms with Crippen molar-refractivity contribution >= 4 is 5.91 Å². The minimum atomic E-state index is 0.0387. The maximum atomic E-state index is 12.9. The van der Waals surface area contributed by atoms with Crippen LogP contribution in [0.4, 0.5) is 0 Å². The zero-order chi connectivity index (χ0) is 15.0. The number of likely N-dealkylation sites (tertiary alicyclic amines) is 1. The molecule has 0 bridgehead atoms. The molecule has 3 heterocycles. The molecule has 5 nitrogen and oxygen atoms in total. The van der Waals surface area contributed by atoms with Crippen LogP contribution in [-0.2, 0) is 4.74 Å². The molecule has 0 unspecified atom stereocenters. The van der Waals surface area contributed by atoms with Crippen molar-refractivity contribution in [2.24, 2.45) is 0 Å². The molecular weight excluding hydrogens is 278 g/mol. The van der Waals surface area contributed by atoms with Crippen LogP contribution in [-0.4, -0.2) is 45.9 Å². The number of amides is 1. The Balaban J connectivity index is 1.59. The normalized spacial score (nSPS) is 19.9. The highest BCUT2D eigenvalue weighted by Gasteiger charge is 2.48. The lowest BCUT2D eigenvalue weighted by Gasteiger charge is -2.54. The Morgan fingerprint density at radius 1 is 1.18 bits per heavy atom. The van der Waals surface area contributed by atoms with Crippen LogP contribution in [0.1, 0.15) is 29.6 Å². The van der Waals surface area contributed by atoms with Gasteiger partial charge in [0.1, 0.15) is 0 Å². The number of carbonyl (C=O) groups is 1. The number of nitrogens with zero attached hydrogens (tertiary/aromatic N) is 3. The number of hydrogen-bond donors (Lipinski definition) is 0. The van der Waals surface area contributed by atoms with Crippen molar-refractivity contribution in [3.63, 3.8) is 0 Å². The molecule has 114 valence electrons. The molecule has 0 aliphatic carbocycles. The van der Waals surface area contributed by atoms with Gasteiger partial charge < -0.3 is 9.64 Å². The van der Waals surface area contributed by atoms with Crippen molar-refractivity contribution in [2.45, 2.75) is 24.8 Å². The minimum Gasteiger partial charge on any atom is -0.381 e. The Kier molecular flexibility index (Phi) is 3.22. The summed E-state index contributed by atoms with van der Waals surface area (Å²) in [7, 11) is 0. The van der Waals surface area contributed by atoms with Gasteiger partial charge in [0.05, 0.1) is 5.69 Å². The summed E-state index contributed by atoms with van der Waals surface area (Å²) in [5.41, 5.74) is 1.69. The summed E-state index contributed by atoms with van der Waals surface area (Å²) in [6.45, 7) is 2.37. The largest absolute Gasteiger partial charge is 0.381 e. The molecule has 1 spiro atoms. The van der Waals surface area contributed by atoms with E-state index in [0.717, 1.165) is 50.3 Å². The molecule has 0 N–H and O–H groups in total. The zero-order valence-electron chi connectivity index (χ0n) is 12.4. The van der Waals surface area contributed by atoms with Gasteiger partial charge in [-0.3, -0.25) is 4.79 Å². The minimum absolute atomic E-state index is 0.0387. The molecule has 0 atom stereocenters. The van der Waals surface area contributed by atoms with Crippen molar-refractivity contribution in [1.29, 1.82) is 0 Å². The topological polar surface area (TPSA) is 47.4 Å². The first-order valence-corrected chi connectivity index (χ1v) is 7.78. The molecule has 2 fully saturated rings. The fourth-order valence-corrected chi connectivity index (χ4v) is 3.49. The highest BCUT2D eigenvalue weighted by atomic mass is 16.5. The van der Waals surface area contributed by atoms with Crippen LogP contribution in [0, 0.1) is 0 Å². The van der Waals surface area contributed by atoms with E-state index in [1.807, 2.05) is 41.4 Å². The van der Waals surface area contributed by atoms with Gasteiger partial charge >= 0.3 is 0 Å². The predicted octanol–water partition coefficient (Wildman–Crippen LogP) is 2.27. The molecule has 0 saturated carbocycles. The van der Waals surface area contributed by atoms with Crippen molar-refractivity contribution in [2.75, 3.05) is 19.8 Å². The van der Waals surface area contributed by atoms with E-state index in [-0.39, 0.29) is 11.4 Å². The fourth-order valence-electron chi connectivity index (χ4n) is 3.49. The van der Waals surface area contributed by atoms with Gasteiger partial charge in [0.2, 0.25) is 0 Å². The van der Waals surface area contributed by atoms with Crippen LogP contribution < -0.4 is 0 Å². The smallest absolute Gasteiger partial charge is 0.254 e. The molecule has 4 rings (SSSR count). The van der Waals surface area contributed by atoms with Crippen molar-refractivity contribution in [3.05, 3.63) is 48.3 Å². The van der Waals surface area contributed by atoms with Crippen LogP contribution in [0.3, 0.4) is 0 Å². The average Bonchev–Trinajstić information content (AvgIpc) is 3.09. The predicted molar refractivity (Wildman–Crippen MR) is 82.0 cm³/mol. The lowest BCUT2D eigenvalue weighted by atomic mass is 9.77. The van der Waals surface area contributed by atoms with E-state index < -0.39 is 0 Å². The number of benzene rings is 1. The number of hydrogen-bond acceptors (Lipinski definition) is 3. The lowest BCUT2D eigenvalue weighted by molar-refractivity contribution is -0.0695. The third-order valence-corrected chi connectivity index (χ3v) is 4.90. The van der Waals surface area contributed by atoms with Crippen molar-refractivity contribution < 1.29 is 9.53 Å². The van der Waals surface area contributed by atoms with Gasteiger partial charge in [0, 0.05) is 43.3 Å². The molecule has 0 radical (unpaired) electrons. The molecule has 2 aromatic rings. The third-order valence-electron chi connectivity index (χ3n) is 4.90. The molecule has 2 saturated heterocycles. The van der Waals surface area contributed by atoms with Crippen LogP contribution in [0.2, 0.25) is 0 Å². The van der Waals surface area contributed by atoms with Gasteiger partial charge in [-0.05, 0) is 43.5 Å². The molecule has 1 amide bonds. The van der Waals surface area contributed by atoms with E-state index >= 15 is 0 Å². The zero-order valence-corrected chi connectivity index (χ0v) is 12.4. The molecule has 2 aliphatic rings. The summed E-state index contributed by atoms with van der Waals surface area (Å²) in [6.07, 6.45) is 6.63. The van der Waals surface area contributed by atoms with Gasteiger partial charge in [-0.2, -0.15) is 5.10 Å². The second-order valence-corrected chi connectivity index (χ2v) is 6.04. The fraction of sp³-hybridized carbons (Fsp3) is 0.412. The van der Waals surface area contributed by atoms with Gasteiger partial charge in [-0.1, -0.05) is 6.07 Å². The van der Waals surface area contributed by atoms with Gasteiger partial charge in [-0.25, -0.2) is 4.68 Å². The molecule has 5 heteroatoms. The Labute approximate surface area is 129 Å². The van der Waals surface area contributed by atoms with E-state index in [2.05, 4.69) is 5.10 Å². The van der Waals surface area contributed by atoms with Gasteiger partial charge in [0.15, 0.2) is 0 Å². The summed E-state index contributed by atoms with van der Waals surface area (Å²) >= 11 is 0. The maximum Gasteiger partial charge on any atom is 0.254 e. The summed E-state index contributed by atoms with van der Waals surface area (Å²) in [5, 5.41) is 4.22. The monoisotopic (exact) mass is 297 g/mol. The van der Waals surface area contributed by atoms with Crippen LogP contribution in [0.5, 0.6) is 0 Å². The Bertz CT molecular complexity index is 675. The third kappa shape index (κ3) is 2.13. The van der Waals surface area contributed by atoms with Gasteiger partial charge in [0.25, 0.3) is 5.91 Å². The Morgan fingerprint density at radius 3 is 2.73 bits per heavy atom. The summed E-state index contributed by atoms with van der Waals surface area (Å²) < 4.78 is 7.23. The molecule has 1 aromatic carbocycles. The first-order chi connectivity index (χ1) is 10.8. The standard InChI is InChI=1S/C17H19N3O2/c21-16(19-10-5-17(19)6-11-22-12-7-17)14-3-1-4-15(13-14)20-9-2-8-18-20/h1-4,8-9,13H,5-7,10-12H2. The highest BCUT2D eigenvalue weighted by Crippen LogP contribution is 2.40. The molecule has 22 heavy (non-hydrogen) atoms.